The minimum absolute atomic E-state index is 0.119. The van der Waals surface area contributed by atoms with Gasteiger partial charge in [-0.15, -0.1) is 0 Å². The van der Waals surface area contributed by atoms with Gasteiger partial charge in [0.05, 0.1) is 0 Å². The monoisotopic (exact) mass is 232 g/mol. The molecule has 1 unspecified atom stereocenters. The lowest BCUT2D eigenvalue weighted by Crippen LogP contribution is -2.14. The van der Waals surface area contributed by atoms with Crippen LogP contribution in [0, 0.1) is 0 Å². The number of anilines is 1. The van der Waals surface area contributed by atoms with Crippen molar-refractivity contribution >= 4 is 5.95 Å². The van der Waals surface area contributed by atoms with Gasteiger partial charge in [0.1, 0.15) is 0 Å². The molecule has 1 aromatic carbocycles. The molecule has 0 amide bonds. The number of nitrogens with zero attached hydrogens (tertiary/aromatic N) is 3. The highest BCUT2D eigenvalue weighted by atomic mass is 16.5. The number of benzene rings is 1. The molecule has 1 heterocycles. The van der Waals surface area contributed by atoms with Crippen LogP contribution in [0.4, 0.5) is 5.95 Å². The lowest BCUT2D eigenvalue weighted by atomic mass is 10.1. The van der Waals surface area contributed by atoms with Crippen molar-refractivity contribution in [1.82, 2.24) is 10.1 Å². The van der Waals surface area contributed by atoms with Crippen molar-refractivity contribution in [3.8, 4) is 0 Å². The van der Waals surface area contributed by atoms with Crippen molar-refractivity contribution in [3.63, 3.8) is 0 Å². The summed E-state index contributed by atoms with van der Waals surface area (Å²) in [4.78, 5) is 6.04. The van der Waals surface area contributed by atoms with E-state index in [4.69, 9.17) is 10.3 Å². The first kappa shape index (κ1) is 11.6. The molecule has 5 nitrogen and oxygen atoms in total. The van der Waals surface area contributed by atoms with E-state index < -0.39 is 0 Å². The van der Waals surface area contributed by atoms with E-state index in [0.29, 0.717) is 18.3 Å². The highest BCUT2D eigenvalue weighted by Gasteiger charge is 2.13. The third-order valence-electron chi connectivity index (χ3n) is 2.48. The van der Waals surface area contributed by atoms with Crippen molar-refractivity contribution in [3.05, 3.63) is 41.8 Å². The Morgan fingerprint density at radius 3 is 2.59 bits per heavy atom. The summed E-state index contributed by atoms with van der Waals surface area (Å²) in [6.45, 7) is 0. The van der Waals surface area contributed by atoms with Gasteiger partial charge in [-0.3, -0.25) is 0 Å². The summed E-state index contributed by atoms with van der Waals surface area (Å²) in [6.07, 6.45) is 0.546. The third-order valence-corrected chi connectivity index (χ3v) is 2.48. The number of aromatic nitrogens is 2. The summed E-state index contributed by atoms with van der Waals surface area (Å²) in [7, 11) is 3.73. The molecule has 0 aliphatic rings. The zero-order valence-electron chi connectivity index (χ0n) is 10.00. The molecule has 2 rings (SSSR count). The molecule has 17 heavy (non-hydrogen) atoms. The smallest absolute Gasteiger partial charge is 0.265 e. The predicted octanol–water partition coefficient (Wildman–Crippen LogP) is 1.38. The maximum absolute atomic E-state index is 6.07. The number of rotatable bonds is 4. The molecule has 0 radical (unpaired) electrons. The van der Waals surface area contributed by atoms with Crippen molar-refractivity contribution < 1.29 is 4.52 Å². The van der Waals surface area contributed by atoms with Gasteiger partial charge in [-0.25, -0.2) is 0 Å². The molecule has 0 saturated heterocycles. The van der Waals surface area contributed by atoms with Crippen molar-refractivity contribution in [2.75, 3.05) is 19.0 Å². The normalized spacial score (nSPS) is 12.4. The lowest BCUT2D eigenvalue weighted by Gasteiger charge is -2.08. The minimum atomic E-state index is -0.119. The second-order valence-corrected chi connectivity index (χ2v) is 4.10. The predicted molar refractivity (Wildman–Crippen MR) is 65.7 cm³/mol. The summed E-state index contributed by atoms with van der Waals surface area (Å²) in [6, 6.07) is 9.77. The van der Waals surface area contributed by atoms with Crippen molar-refractivity contribution in [1.29, 1.82) is 0 Å². The molecule has 0 saturated carbocycles. The van der Waals surface area contributed by atoms with Crippen LogP contribution in [0.25, 0.3) is 0 Å². The van der Waals surface area contributed by atoms with E-state index in [9.17, 15) is 0 Å². The average molecular weight is 232 g/mol. The van der Waals surface area contributed by atoms with Crippen molar-refractivity contribution in [2.45, 2.75) is 12.5 Å². The van der Waals surface area contributed by atoms with E-state index in [-0.39, 0.29) is 6.04 Å². The van der Waals surface area contributed by atoms with Crippen LogP contribution in [0.1, 0.15) is 17.5 Å². The molecule has 1 aromatic heterocycles. The SMILES string of the molecule is CN(C)c1noc(CC(N)c2ccccc2)n1. The Morgan fingerprint density at radius 2 is 2.00 bits per heavy atom. The molecular formula is C12H16N4O. The molecule has 1 atom stereocenters. The first-order valence-electron chi connectivity index (χ1n) is 5.47. The van der Waals surface area contributed by atoms with E-state index in [1.807, 2.05) is 44.4 Å². The van der Waals surface area contributed by atoms with Crippen LogP contribution in [-0.4, -0.2) is 24.2 Å². The Bertz CT molecular complexity index is 466. The maximum atomic E-state index is 6.07. The van der Waals surface area contributed by atoms with E-state index in [2.05, 4.69) is 10.1 Å². The zero-order chi connectivity index (χ0) is 12.3. The topological polar surface area (TPSA) is 68.2 Å². The summed E-state index contributed by atoms with van der Waals surface area (Å²) < 4.78 is 5.14. The summed E-state index contributed by atoms with van der Waals surface area (Å²) >= 11 is 0. The molecule has 90 valence electrons. The van der Waals surface area contributed by atoms with E-state index in [0.717, 1.165) is 5.56 Å². The molecule has 0 bridgehead atoms. The Balaban J connectivity index is 2.05. The molecule has 0 fully saturated rings. The van der Waals surface area contributed by atoms with Crippen LogP contribution in [0.5, 0.6) is 0 Å². The first-order chi connectivity index (χ1) is 8.16. The quantitative estimate of drug-likeness (QED) is 0.862. The lowest BCUT2D eigenvalue weighted by molar-refractivity contribution is 0.369. The summed E-state index contributed by atoms with van der Waals surface area (Å²) in [5.41, 5.74) is 7.14. The Hall–Kier alpha value is -1.88. The molecule has 0 aliphatic carbocycles. The Morgan fingerprint density at radius 1 is 1.29 bits per heavy atom. The van der Waals surface area contributed by atoms with Crippen molar-refractivity contribution in [2.24, 2.45) is 5.73 Å². The van der Waals surface area contributed by atoms with Crippen LogP contribution in [0.3, 0.4) is 0 Å². The minimum Gasteiger partial charge on any atom is -0.344 e. The van der Waals surface area contributed by atoms with Gasteiger partial charge in [0.15, 0.2) is 0 Å². The number of hydrogen-bond acceptors (Lipinski definition) is 5. The maximum Gasteiger partial charge on any atom is 0.265 e. The van der Waals surface area contributed by atoms with Gasteiger partial charge in [0.25, 0.3) is 5.95 Å². The standard InChI is InChI=1S/C12H16N4O/c1-16(2)12-14-11(17-15-12)8-10(13)9-6-4-3-5-7-9/h3-7,10H,8,13H2,1-2H3. The number of hydrogen-bond donors (Lipinski definition) is 1. The van der Waals surface area contributed by atoms with Gasteiger partial charge in [0.2, 0.25) is 5.89 Å². The summed E-state index contributed by atoms with van der Waals surface area (Å²) in [5, 5.41) is 3.85. The fourth-order valence-corrected chi connectivity index (χ4v) is 1.52. The summed E-state index contributed by atoms with van der Waals surface area (Å²) in [5.74, 6) is 1.13. The highest BCUT2D eigenvalue weighted by molar-refractivity contribution is 5.24. The molecule has 5 heteroatoms. The van der Waals surface area contributed by atoms with Crippen LogP contribution < -0.4 is 10.6 Å². The zero-order valence-corrected chi connectivity index (χ0v) is 10.00. The fraction of sp³-hybridized carbons (Fsp3) is 0.333. The average Bonchev–Trinajstić information content (AvgIpc) is 2.79. The molecule has 0 aliphatic heterocycles. The second-order valence-electron chi connectivity index (χ2n) is 4.10. The molecule has 0 spiro atoms. The molecular weight excluding hydrogens is 216 g/mol. The van der Waals surface area contributed by atoms with E-state index in [1.54, 1.807) is 4.90 Å². The molecule has 2 aromatic rings. The third kappa shape index (κ3) is 2.82. The van der Waals surface area contributed by atoms with Crippen LogP contribution in [0.15, 0.2) is 34.9 Å². The second kappa shape index (κ2) is 4.97. The number of nitrogens with two attached hydrogens (primary N) is 1. The van der Waals surface area contributed by atoms with Gasteiger partial charge in [-0.05, 0) is 10.7 Å². The van der Waals surface area contributed by atoms with Gasteiger partial charge in [-0.1, -0.05) is 30.3 Å². The van der Waals surface area contributed by atoms with Gasteiger partial charge in [-0.2, -0.15) is 4.98 Å². The van der Waals surface area contributed by atoms with E-state index in [1.165, 1.54) is 0 Å². The Kier molecular flexibility index (Phi) is 3.39. The van der Waals surface area contributed by atoms with Crippen LogP contribution in [-0.2, 0) is 6.42 Å². The highest BCUT2D eigenvalue weighted by Crippen LogP contribution is 2.15. The fourth-order valence-electron chi connectivity index (χ4n) is 1.52. The van der Waals surface area contributed by atoms with Crippen LogP contribution in [0.2, 0.25) is 0 Å². The van der Waals surface area contributed by atoms with E-state index >= 15 is 0 Å². The van der Waals surface area contributed by atoms with Crippen LogP contribution >= 0.6 is 0 Å². The largest absolute Gasteiger partial charge is 0.344 e. The Labute approximate surface area is 100 Å². The molecule has 2 N–H and O–H groups in total. The van der Waals surface area contributed by atoms with Gasteiger partial charge >= 0.3 is 0 Å². The van der Waals surface area contributed by atoms with Gasteiger partial charge < -0.3 is 15.2 Å². The first-order valence-corrected chi connectivity index (χ1v) is 5.47. The van der Waals surface area contributed by atoms with Gasteiger partial charge in [0, 0.05) is 26.6 Å².